The summed E-state index contributed by atoms with van der Waals surface area (Å²) in [6.45, 7) is -1.17. The van der Waals surface area contributed by atoms with Gasteiger partial charge in [0.2, 0.25) is 0 Å². The number of carbonyl (C=O) groups excluding carboxylic acids is 3. The zero-order chi connectivity index (χ0) is 27.4. The number of ketones is 2. The Labute approximate surface area is 228 Å². The van der Waals surface area contributed by atoms with E-state index in [4.69, 9.17) is 0 Å². The van der Waals surface area contributed by atoms with Crippen LogP contribution < -0.4 is 10.6 Å². The van der Waals surface area contributed by atoms with E-state index in [0.29, 0.717) is 10.9 Å². The Morgan fingerprint density at radius 3 is 1.36 bits per heavy atom. The summed E-state index contributed by atoms with van der Waals surface area (Å²) in [5, 5.41) is 2.10. The summed E-state index contributed by atoms with van der Waals surface area (Å²) in [7, 11) is 1.78. The van der Waals surface area contributed by atoms with Crippen molar-refractivity contribution in [3.05, 3.63) is 143 Å². The molecule has 0 bridgehead atoms. The van der Waals surface area contributed by atoms with Crippen molar-refractivity contribution < 1.29 is 14.4 Å². The topological polar surface area (TPSA) is 57.7 Å². The van der Waals surface area contributed by atoms with Gasteiger partial charge in [-0.3, -0.25) is 0 Å². The molecule has 0 unspecified atom stereocenters. The fourth-order valence-corrected chi connectivity index (χ4v) is 14.3. The number of hydrogen-bond acceptors (Lipinski definition) is 3. The number of benzene rings is 4. The summed E-state index contributed by atoms with van der Waals surface area (Å²) in [6, 6.07) is 38.6. The Kier molecular flexibility index (Phi) is 5.50. The molecule has 0 aromatic heterocycles. The van der Waals surface area contributed by atoms with Gasteiger partial charge in [0.25, 0.3) is 0 Å². The number of amides is 2. The molecule has 5 nitrogen and oxygen atoms in total. The zero-order valence-electron chi connectivity index (χ0n) is 22.1. The maximum atomic E-state index is 14.5. The zero-order valence-corrected chi connectivity index (χ0v) is 23.0. The predicted octanol–water partition coefficient (Wildman–Crippen LogP) is 5.78. The van der Waals surface area contributed by atoms with Gasteiger partial charge in [0, 0.05) is 0 Å². The second-order valence-electron chi connectivity index (χ2n) is 10.1. The molecule has 1 fully saturated rings. The molecule has 0 N–H and O–H groups in total. The van der Waals surface area contributed by atoms with Crippen LogP contribution in [-0.2, 0) is 15.1 Å². The molecule has 2 aliphatic rings. The second kappa shape index (κ2) is 8.59. The fourth-order valence-electron chi connectivity index (χ4n) is 7.10. The van der Waals surface area contributed by atoms with E-state index in [-0.39, 0.29) is 17.6 Å². The first kappa shape index (κ1) is 25.0. The number of urea groups is 1. The van der Waals surface area contributed by atoms with Gasteiger partial charge in [-0.2, -0.15) is 0 Å². The van der Waals surface area contributed by atoms with Gasteiger partial charge in [0.05, 0.1) is 0 Å². The van der Waals surface area contributed by atoms with E-state index in [1.165, 1.54) is 13.8 Å². The van der Waals surface area contributed by atoms with Crippen molar-refractivity contribution in [3.63, 3.8) is 0 Å². The Hall–Kier alpha value is -4.34. The molecule has 194 valence electrons. The average Bonchev–Trinajstić information content (AvgIpc) is 3.23. The van der Waals surface area contributed by atoms with Gasteiger partial charge in [-0.05, 0) is 0 Å². The Morgan fingerprint density at radius 1 is 0.615 bits per heavy atom. The van der Waals surface area contributed by atoms with Gasteiger partial charge in [-0.25, -0.2) is 0 Å². The minimum absolute atomic E-state index is 0.219. The van der Waals surface area contributed by atoms with Crippen LogP contribution in [0, 0.1) is 0 Å². The van der Waals surface area contributed by atoms with Crippen molar-refractivity contribution in [1.82, 2.24) is 9.34 Å². The number of rotatable bonds is 6. The second-order valence-corrected chi connectivity index (χ2v) is 14.6. The summed E-state index contributed by atoms with van der Waals surface area (Å²) < 4.78 is 3.69. The fraction of sp³-hybridized carbons (Fsp3) is 0.121. The first-order chi connectivity index (χ1) is 18.8. The van der Waals surface area contributed by atoms with Gasteiger partial charge in [-0.15, -0.1) is 0 Å². The summed E-state index contributed by atoms with van der Waals surface area (Å²) in [4.78, 5) is 42.8. The van der Waals surface area contributed by atoms with Gasteiger partial charge in [0.1, 0.15) is 0 Å². The van der Waals surface area contributed by atoms with E-state index in [1.54, 1.807) is 11.7 Å². The number of nitrogens with zero attached hydrogens (tertiary/aromatic N) is 2. The summed E-state index contributed by atoms with van der Waals surface area (Å²) in [6.07, 6.45) is 0. The Bertz CT molecular complexity index is 1570. The minimum atomic E-state index is -4.21. The molecule has 2 amide bonds. The van der Waals surface area contributed by atoms with Crippen molar-refractivity contribution in [1.29, 1.82) is 0 Å². The number of carbonyl (C=O) groups is 3. The number of hydrogen-bond donors (Lipinski definition) is 0. The molecule has 2 aliphatic heterocycles. The molecule has 39 heavy (non-hydrogen) atoms. The average molecular weight is 533 g/mol. The summed E-state index contributed by atoms with van der Waals surface area (Å²) in [5.41, 5.74) is 0.568. The van der Waals surface area contributed by atoms with Crippen LogP contribution in [0.2, 0.25) is 0 Å². The van der Waals surface area contributed by atoms with Crippen molar-refractivity contribution in [2.24, 2.45) is 0 Å². The van der Waals surface area contributed by atoms with E-state index in [9.17, 15) is 14.4 Å². The quantitative estimate of drug-likeness (QED) is 0.296. The van der Waals surface area contributed by atoms with Crippen molar-refractivity contribution in [2.75, 3.05) is 7.05 Å². The Morgan fingerprint density at radius 2 is 1.00 bits per heavy atom. The molecule has 0 spiro atoms. The van der Waals surface area contributed by atoms with Crippen LogP contribution in [0.15, 0.2) is 132 Å². The molecule has 0 aliphatic carbocycles. The van der Waals surface area contributed by atoms with Crippen molar-refractivity contribution in [2.45, 2.75) is 19.4 Å². The molecule has 2 heterocycles. The van der Waals surface area contributed by atoms with Gasteiger partial charge in [-0.1, -0.05) is 0 Å². The van der Waals surface area contributed by atoms with Crippen molar-refractivity contribution >= 4 is 35.1 Å². The number of Topliss-reactive ketones (excluding diaryl/α,β-unsaturated/α-hetero) is 2. The van der Waals surface area contributed by atoms with Gasteiger partial charge >= 0.3 is 229 Å². The third-order valence-electron chi connectivity index (χ3n) is 8.33. The van der Waals surface area contributed by atoms with Gasteiger partial charge in [0.15, 0.2) is 0 Å². The molecule has 1 saturated heterocycles. The molecule has 0 atom stereocenters. The Balaban J connectivity index is 1.96. The maximum absolute atomic E-state index is 14.5. The molecular weight excluding hydrogens is 503 g/mol. The van der Waals surface area contributed by atoms with Crippen LogP contribution in [0.25, 0.3) is 0 Å². The van der Waals surface area contributed by atoms with Gasteiger partial charge < -0.3 is 0 Å². The summed E-state index contributed by atoms with van der Waals surface area (Å²) in [5.74, 6) is -0.456. The van der Waals surface area contributed by atoms with E-state index in [0.717, 1.165) is 21.7 Å². The van der Waals surface area contributed by atoms with Crippen LogP contribution >= 0.6 is 6.90 Å². The van der Waals surface area contributed by atoms with Crippen LogP contribution in [0.3, 0.4) is 0 Å². The monoisotopic (exact) mass is 532 g/mol. The van der Waals surface area contributed by atoms with Crippen LogP contribution in [0.1, 0.15) is 25.0 Å². The third kappa shape index (κ3) is 2.71. The van der Waals surface area contributed by atoms with Crippen molar-refractivity contribution in [3.8, 4) is 0 Å². The standard InChI is InChI=1S/C33H29N2O3P/c1-24(36)30-31(25(2)37)39(28-20-12-6-13-21-28,29-22-14-7-15-23-29)34(3)32(38)35(39)33(30,26-16-8-4-9-17-26)27-18-10-5-11-19-27/h4-23H,1-3H3. The molecule has 4 aromatic carbocycles. The molecule has 4 aromatic rings. The normalized spacial score (nSPS) is 19.5. The first-order valence-corrected chi connectivity index (χ1v) is 15.1. The van der Waals surface area contributed by atoms with E-state index in [2.05, 4.69) is 0 Å². The molecule has 6 heteroatoms. The summed E-state index contributed by atoms with van der Waals surface area (Å²) >= 11 is 0. The van der Waals surface area contributed by atoms with E-state index >= 15 is 0 Å². The number of fused-ring (bicyclic) bond motifs is 1. The first-order valence-electron chi connectivity index (χ1n) is 12.9. The predicted molar refractivity (Wildman–Crippen MR) is 156 cm³/mol. The molecule has 6 rings (SSSR count). The number of allylic oxidation sites excluding steroid dienone is 1. The van der Waals surface area contributed by atoms with Crippen LogP contribution in [0.4, 0.5) is 4.79 Å². The third-order valence-corrected chi connectivity index (χ3v) is 14.9. The van der Waals surface area contributed by atoms with E-state index in [1.807, 2.05) is 126 Å². The molecule has 0 radical (unpaired) electrons. The molecule has 0 saturated carbocycles. The van der Waals surface area contributed by atoms with Crippen LogP contribution in [-0.4, -0.2) is 34.0 Å². The van der Waals surface area contributed by atoms with E-state index < -0.39 is 12.4 Å². The SMILES string of the molecule is CC(=O)C1=C(C(C)=O)P2(c3ccccc3)(c3ccccc3)N(C)C(=O)N2C1(c1ccccc1)c1ccccc1. The molecular formula is C33H29N2O3P. The van der Waals surface area contributed by atoms with Crippen LogP contribution in [0.5, 0.6) is 0 Å².